The molecule has 0 amide bonds. The molecule has 1 aromatic rings. The Morgan fingerprint density at radius 3 is 2.69 bits per heavy atom. The molecule has 0 aliphatic heterocycles. The average Bonchev–Trinajstić information content (AvgIpc) is 2.51. The molecule has 74 valence electrons. The van der Waals surface area contributed by atoms with E-state index in [2.05, 4.69) is 4.98 Å². The third kappa shape index (κ3) is 2.63. The highest BCUT2D eigenvalue weighted by Crippen LogP contribution is 2.25. The van der Waals surface area contributed by atoms with Gasteiger partial charge in [-0.3, -0.25) is 0 Å². The standard InChI is InChI=1S/C7H12N2O3S/c8-7-9-3-5(13-7)6(12)4(11)1-2-10/h3-4,6,10-12H,1-2H2,(H2,8,9). The SMILES string of the molecule is Nc1ncc(C(O)C(O)CCO)s1. The number of nitrogen functional groups attached to an aromatic ring is 1. The highest BCUT2D eigenvalue weighted by atomic mass is 32.1. The highest BCUT2D eigenvalue weighted by Gasteiger charge is 2.19. The minimum atomic E-state index is -1.01. The fraction of sp³-hybridized carbons (Fsp3) is 0.571. The molecule has 2 atom stereocenters. The summed E-state index contributed by atoms with van der Waals surface area (Å²) in [6.07, 6.45) is -0.420. The van der Waals surface area contributed by atoms with Gasteiger partial charge in [-0.2, -0.15) is 0 Å². The zero-order valence-corrected chi connectivity index (χ0v) is 7.74. The largest absolute Gasteiger partial charge is 0.396 e. The first-order valence-electron chi connectivity index (χ1n) is 3.83. The summed E-state index contributed by atoms with van der Waals surface area (Å²) in [5.41, 5.74) is 5.36. The van der Waals surface area contributed by atoms with E-state index in [4.69, 9.17) is 10.8 Å². The number of thiazole rings is 1. The maximum Gasteiger partial charge on any atom is 0.180 e. The highest BCUT2D eigenvalue weighted by molar-refractivity contribution is 7.15. The van der Waals surface area contributed by atoms with E-state index in [1.165, 1.54) is 6.20 Å². The van der Waals surface area contributed by atoms with E-state index in [1.54, 1.807) is 0 Å². The summed E-state index contributed by atoms with van der Waals surface area (Å²) in [5, 5.41) is 27.7. The molecule has 1 rings (SSSR count). The average molecular weight is 204 g/mol. The Morgan fingerprint density at radius 1 is 1.54 bits per heavy atom. The molecule has 0 saturated heterocycles. The smallest absolute Gasteiger partial charge is 0.180 e. The number of nitrogens with two attached hydrogens (primary N) is 1. The summed E-state index contributed by atoms with van der Waals surface area (Å²) in [6.45, 7) is -0.160. The molecule has 0 aliphatic rings. The molecule has 5 nitrogen and oxygen atoms in total. The molecular formula is C7H12N2O3S. The molecule has 1 aromatic heterocycles. The summed E-state index contributed by atoms with van der Waals surface area (Å²) >= 11 is 1.13. The van der Waals surface area contributed by atoms with Crippen LogP contribution < -0.4 is 5.73 Å². The molecule has 6 heteroatoms. The van der Waals surface area contributed by atoms with Crippen LogP contribution in [0.4, 0.5) is 5.13 Å². The Hall–Kier alpha value is -0.690. The lowest BCUT2D eigenvalue weighted by Gasteiger charge is -2.14. The number of anilines is 1. The van der Waals surface area contributed by atoms with Crippen molar-refractivity contribution in [2.75, 3.05) is 12.3 Å². The van der Waals surface area contributed by atoms with E-state index in [9.17, 15) is 10.2 Å². The van der Waals surface area contributed by atoms with Gasteiger partial charge >= 0.3 is 0 Å². The van der Waals surface area contributed by atoms with Crippen LogP contribution in [-0.4, -0.2) is 33.0 Å². The summed E-state index contributed by atoms with van der Waals surface area (Å²) < 4.78 is 0. The van der Waals surface area contributed by atoms with E-state index in [0.717, 1.165) is 11.3 Å². The number of hydrogen-bond acceptors (Lipinski definition) is 6. The first-order chi connectivity index (χ1) is 6.15. The first-order valence-corrected chi connectivity index (χ1v) is 4.65. The van der Waals surface area contributed by atoms with Crippen LogP contribution in [0.25, 0.3) is 0 Å². The van der Waals surface area contributed by atoms with Gasteiger partial charge in [0.15, 0.2) is 5.13 Å². The van der Waals surface area contributed by atoms with Gasteiger partial charge in [0.05, 0.1) is 11.0 Å². The lowest BCUT2D eigenvalue weighted by Crippen LogP contribution is -2.18. The minimum Gasteiger partial charge on any atom is -0.396 e. The molecule has 0 fully saturated rings. The number of aromatic nitrogens is 1. The summed E-state index contributed by atoms with van der Waals surface area (Å²) in [5.74, 6) is 0. The van der Waals surface area contributed by atoms with Crippen LogP contribution in [0.1, 0.15) is 17.4 Å². The molecule has 0 saturated carbocycles. The number of rotatable bonds is 4. The maximum absolute atomic E-state index is 9.49. The van der Waals surface area contributed by atoms with Gasteiger partial charge < -0.3 is 21.1 Å². The van der Waals surface area contributed by atoms with Gasteiger partial charge in [0.1, 0.15) is 6.10 Å². The second-order valence-electron chi connectivity index (χ2n) is 2.63. The van der Waals surface area contributed by atoms with E-state index in [-0.39, 0.29) is 13.0 Å². The lowest BCUT2D eigenvalue weighted by molar-refractivity contribution is 0.00607. The number of aliphatic hydroxyl groups excluding tert-OH is 3. The van der Waals surface area contributed by atoms with Crippen LogP contribution in [-0.2, 0) is 0 Å². The molecule has 0 spiro atoms. The van der Waals surface area contributed by atoms with Gasteiger partial charge in [-0.25, -0.2) is 4.98 Å². The van der Waals surface area contributed by atoms with Gasteiger partial charge in [-0.15, -0.1) is 0 Å². The fourth-order valence-electron chi connectivity index (χ4n) is 0.917. The van der Waals surface area contributed by atoms with Crippen LogP contribution in [0.3, 0.4) is 0 Å². The third-order valence-electron chi connectivity index (χ3n) is 1.62. The minimum absolute atomic E-state index is 0.138. The quantitative estimate of drug-likeness (QED) is 0.530. The van der Waals surface area contributed by atoms with Crippen LogP contribution >= 0.6 is 11.3 Å². The molecule has 1 heterocycles. The predicted molar refractivity (Wildman–Crippen MR) is 49.2 cm³/mol. The van der Waals surface area contributed by atoms with Crippen LogP contribution in [0.2, 0.25) is 0 Å². The number of hydrogen-bond donors (Lipinski definition) is 4. The van der Waals surface area contributed by atoms with Gasteiger partial charge in [-0.1, -0.05) is 11.3 Å². The van der Waals surface area contributed by atoms with Gasteiger partial charge in [0.25, 0.3) is 0 Å². The van der Waals surface area contributed by atoms with Crippen molar-refractivity contribution in [3.63, 3.8) is 0 Å². The summed E-state index contributed by atoms with van der Waals surface area (Å²) in [6, 6.07) is 0. The molecule has 0 aliphatic carbocycles. The molecular weight excluding hydrogens is 192 g/mol. The van der Waals surface area contributed by atoms with Crippen molar-refractivity contribution in [1.29, 1.82) is 0 Å². The Balaban J connectivity index is 2.61. The van der Waals surface area contributed by atoms with Crippen molar-refractivity contribution < 1.29 is 15.3 Å². The van der Waals surface area contributed by atoms with Crippen molar-refractivity contribution >= 4 is 16.5 Å². The fourth-order valence-corrected chi connectivity index (χ4v) is 1.65. The number of nitrogens with zero attached hydrogens (tertiary/aromatic N) is 1. The van der Waals surface area contributed by atoms with Crippen molar-refractivity contribution in [2.24, 2.45) is 0 Å². The van der Waals surface area contributed by atoms with Crippen molar-refractivity contribution in [3.8, 4) is 0 Å². The summed E-state index contributed by atoms with van der Waals surface area (Å²) in [4.78, 5) is 4.26. The van der Waals surface area contributed by atoms with Crippen molar-refractivity contribution in [2.45, 2.75) is 18.6 Å². The maximum atomic E-state index is 9.49. The zero-order valence-electron chi connectivity index (χ0n) is 6.92. The molecule has 0 aromatic carbocycles. The second-order valence-corrected chi connectivity index (χ2v) is 3.72. The summed E-state index contributed by atoms with van der Waals surface area (Å²) in [7, 11) is 0. The topological polar surface area (TPSA) is 99.6 Å². The second kappa shape index (κ2) is 4.52. The zero-order chi connectivity index (χ0) is 9.84. The van der Waals surface area contributed by atoms with Crippen molar-refractivity contribution in [1.82, 2.24) is 4.98 Å². The Labute approximate surface area is 79.5 Å². The third-order valence-corrected chi connectivity index (χ3v) is 2.52. The van der Waals surface area contributed by atoms with E-state index >= 15 is 0 Å². The van der Waals surface area contributed by atoms with Crippen LogP contribution in [0.15, 0.2) is 6.20 Å². The van der Waals surface area contributed by atoms with Crippen LogP contribution in [0, 0.1) is 0 Å². The first kappa shape index (κ1) is 10.4. The molecule has 0 radical (unpaired) electrons. The van der Waals surface area contributed by atoms with Gasteiger partial charge in [0, 0.05) is 12.8 Å². The predicted octanol–water partition coefficient (Wildman–Crippen LogP) is -0.498. The van der Waals surface area contributed by atoms with Crippen LogP contribution in [0.5, 0.6) is 0 Å². The molecule has 2 unspecified atom stereocenters. The number of aliphatic hydroxyl groups is 3. The van der Waals surface area contributed by atoms with Crippen molar-refractivity contribution in [3.05, 3.63) is 11.1 Å². The van der Waals surface area contributed by atoms with Gasteiger partial charge in [0.2, 0.25) is 0 Å². The Morgan fingerprint density at radius 2 is 2.23 bits per heavy atom. The molecule has 5 N–H and O–H groups in total. The monoisotopic (exact) mass is 204 g/mol. The van der Waals surface area contributed by atoms with E-state index < -0.39 is 12.2 Å². The Kier molecular flexibility index (Phi) is 3.61. The molecule has 0 bridgehead atoms. The molecule has 13 heavy (non-hydrogen) atoms. The van der Waals surface area contributed by atoms with Gasteiger partial charge in [-0.05, 0) is 6.42 Å². The van der Waals surface area contributed by atoms with E-state index in [0.29, 0.717) is 10.0 Å². The van der Waals surface area contributed by atoms with E-state index in [1.807, 2.05) is 0 Å². The lowest BCUT2D eigenvalue weighted by atomic mass is 10.1. The normalized spacial score (nSPS) is 15.6. The Bertz CT molecular complexity index is 266.